The molecule has 0 unspecified atom stereocenters. The number of nitrogens with one attached hydrogen (secondary N) is 1. The van der Waals surface area contributed by atoms with Crippen molar-refractivity contribution in [2.75, 3.05) is 24.8 Å². The van der Waals surface area contributed by atoms with E-state index in [-0.39, 0.29) is 84.9 Å². The van der Waals surface area contributed by atoms with E-state index in [4.69, 9.17) is 14.0 Å². The van der Waals surface area contributed by atoms with E-state index >= 15 is 0 Å². The van der Waals surface area contributed by atoms with Crippen LogP contribution in [0.1, 0.15) is 6.42 Å². The molecule has 0 radical (unpaired) electrons. The molecule has 30 heteroatoms. The number of phenolic OH excluding ortho intramolecular Hbond substituents is 1. The first-order valence-corrected chi connectivity index (χ1v) is 30.2. The molecule has 25 nitrogen and oxygen atoms in total. The molecule has 0 atom stereocenters. The zero-order valence-electron chi connectivity index (χ0n) is 40.7. The monoisotopic (exact) mass is 1190 g/mol. The maximum Gasteiger partial charge on any atom is 0.296 e. The van der Waals surface area contributed by atoms with Crippen molar-refractivity contribution in [2.24, 2.45) is 30.7 Å². The second kappa shape index (κ2) is 21.7. The molecule has 9 rings (SSSR count). The summed E-state index contributed by atoms with van der Waals surface area (Å²) in [5.74, 6) is -0.759. The van der Waals surface area contributed by atoms with E-state index in [1.54, 1.807) is 30.3 Å². The van der Waals surface area contributed by atoms with E-state index in [1.807, 2.05) is 0 Å². The number of phenols is 1. The fourth-order valence-corrected chi connectivity index (χ4v) is 10.9. The van der Waals surface area contributed by atoms with Crippen molar-refractivity contribution >= 4 is 139 Å². The zero-order valence-corrected chi connectivity index (χ0v) is 44.8. The molecular formula is C50H39N7O18S5. The Morgan fingerprint density at radius 1 is 0.450 bits per heavy atom. The number of rotatable bonds is 18. The molecule has 0 aliphatic rings. The predicted molar refractivity (Wildman–Crippen MR) is 292 cm³/mol. The summed E-state index contributed by atoms with van der Waals surface area (Å²) >= 11 is 0. The molecule has 0 spiro atoms. The fourth-order valence-electron chi connectivity index (χ4n) is 8.20. The summed E-state index contributed by atoms with van der Waals surface area (Å²) < 4.78 is 182. The number of benzene rings is 9. The van der Waals surface area contributed by atoms with Crippen molar-refractivity contribution in [3.8, 4) is 17.2 Å². The summed E-state index contributed by atoms with van der Waals surface area (Å²) in [6, 6.07) is 31.3. The van der Waals surface area contributed by atoms with Crippen LogP contribution < -0.4 is 14.8 Å². The van der Waals surface area contributed by atoms with Crippen molar-refractivity contribution in [3.05, 3.63) is 140 Å². The highest BCUT2D eigenvalue weighted by Crippen LogP contribution is 2.45. The number of hydrogen-bond acceptors (Lipinski definition) is 20. The van der Waals surface area contributed by atoms with E-state index in [0.717, 1.165) is 42.5 Å². The molecule has 0 amide bonds. The van der Waals surface area contributed by atoms with Crippen LogP contribution in [0.3, 0.4) is 0 Å². The smallest absolute Gasteiger partial charge is 0.296 e. The molecule has 80 heavy (non-hydrogen) atoms. The molecule has 0 aliphatic heterocycles. The van der Waals surface area contributed by atoms with E-state index in [0.29, 0.717) is 22.5 Å². The molecule has 0 aromatic heterocycles. The van der Waals surface area contributed by atoms with E-state index in [1.165, 1.54) is 73.8 Å². The van der Waals surface area contributed by atoms with Gasteiger partial charge in [0.2, 0.25) is 0 Å². The molecule has 0 aliphatic carbocycles. The van der Waals surface area contributed by atoms with Gasteiger partial charge in [-0.1, -0.05) is 12.1 Å². The van der Waals surface area contributed by atoms with Gasteiger partial charge in [0.25, 0.3) is 50.6 Å². The Hall–Kier alpha value is -8.43. The number of methoxy groups -OCH3 is 1. The van der Waals surface area contributed by atoms with Gasteiger partial charge in [-0.15, -0.1) is 25.6 Å². The molecule has 0 bridgehead atoms. The average molecular weight is 1190 g/mol. The largest absolute Gasteiger partial charge is 0.505 e. The van der Waals surface area contributed by atoms with Gasteiger partial charge >= 0.3 is 0 Å². The summed E-state index contributed by atoms with van der Waals surface area (Å²) in [5, 5.41) is 41.2. The fraction of sp³-hybridized carbons (Fsp3) is 0.0800. The molecular weight excluding hydrogens is 1150 g/mol. The first kappa shape index (κ1) is 56.3. The molecule has 7 N–H and O–H groups in total. The van der Waals surface area contributed by atoms with Crippen LogP contribution in [-0.2, 0) is 50.6 Å². The number of fused-ring (bicyclic) bond motifs is 4. The lowest BCUT2D eigenvalue weighted by Crippen LogP contribution is -2.09. The lowest BCUT2D eigenvalue weighted by molar-refractivity contribution is 0.319. The van der Waals surface area contributed by atoms with Gasteiger partial charge in [0.1, 0.15) is 22.1 Å². The quantitative estimate of drug-likeness (QED) is 0.0238. The van der Waals surface area contributed by atoms with Gasteiger partial charge in [0, 0.05) is 49.8 Å². The first-order valence-electron chi connectivity index (χ1n) is 22.8. The van der Waals surface area contributed by atoms with Crippen LogP contribution in [0.15, 0.2) is 190 Å². The van der Waals surface area contributed by atoms with Gasteiger partial charge in [-0.3, -0.25) is 22.8 Å². The minimum atomic E-state index is -5.09. The van der Waals surface area contributed by atoms with Crippen LogP contribution in [-0.4, -0.2) is 89.4 Å². The summed E-state index contributed by atoms with van der Waals surface area (Å²) in [6.45, 7) is -0.258. The summed E-state index contributed by atoms with van der Waals surface area (Å²) in [7, 11) is -22.3. The Morgan fingerprint density at radius 3 is 1.49 bits per heavy atom. The van der Waals surface area contributed by atoms with Gasteiger partial charge in [-0.25, -0.2) is 0 Å². The van der Waals surface area contributed by atoms with Gasteiger partial charge in [0.05, 0.1) is 62.6 Å². The Balaban J connectivity index is 1.07. The van der Waals surface area contributed by atoms with Gasteiger partial charge < -0.3 is 19.9 Å². The molecule has 9 aromatic rings. The molecule has 0 saturated carbocycles. The minimum Gasteiger partial charge on any atom is -0.505 e. The van der Waals surface area contributed by atoms with Gasteiger partial charge in [0.15, 0.2) is 5.75 Å². The lowest BCUT2D eigenvalue weighted by atomic mass is 10.1. The lowest BCUT2D eigenvalue weighted by Gasteiger charge is -2.12. The second-order valence-electron chi connectivity index (χ2n) is 17.3. The number of anilines is 2. The van der Waals surface area contributed by atoms with Crippen LogP contribution in [0, 0.1) is 0 Å². The Morgan fingerprint density at radius 2 is 0.950 bits per heavy atom. The maximum absolute atomic E-state index is 12.8. The van der Waals surface area contributed by atoms with Gasteiger partial charge in [-0.2, -0.15) is 47.2 Å². The topological polar surface area (TPSA) is 397 Å². The number of aromatic hydroxyl groups is 1. The highest BCUT2D eigenvalue weighted by atomic mass is 32.2. The van der Waals surface area contributed by atoms with Crippen molar-refractivity contribution < 1.29 is 79.4 Å². The molecule has 9 aromatic carbocycles. The van der Waals surface area contributed by atoms with Crippen LogP contribution in [0.5, 0.6) is 17.2 Å². The number of hydrogen-bond donors (Lipinski definition) is 7. The SMILES string of the molecule is COc1ccc(Nc2ccc3c(O)c(N=Nc4ccc(N=Nc5ccc(N=Nc6ccc7c(OCCCS(=O)(=O)O)cc(S(=O)(=O)O)cc7c6)c6cc(S(=O)(=O)O)ccc56)c5ccc(S(=O)(=O)O)cc45)c(S(=O)(=O)O)cc3c2)cc1. The summed E-state index contributed by atoms with van der Waals surface area (Å²) in [4.78, 5) is -2.53. The number of nitrogens with zero attached hydrogens (tertiary/aromatic N) is 6. The van der Waals surface area contributed by atoms with Crippen molar-refractivity contribution in [1.82, 2.24) is 0 Å². The first-order chi connectivity index (χ1) is 37.6. The third-order valence-corrected chi connectivity index (χ3v) is 16.2. The number of azo groups is 3. The predicted octanol–water partition coefficient (Wildman–Crippen LogP) is 11.6. The van der Waals surface area contributed by atoms with Crippen LogP contribution >= 0.6 is 0 Å². The average Bonchev–Trinajstić information content (AvgIpc) is 3.45. The minimum absolute atomic E-state index is 0.0260. The van der Waals surface area contributed by atoms with E-state index in [9.17, 15) is 65.4 Å². The van der Waals surface area contributed by atoms with Crippen molar-refractivity contribution in [3.63, 3.8) is 0 Å². The van der Waals surface area contributed by atoms with Gasteiger partial charge in [-0.05, 0) is 139 Å². The highest BCUT2D eigenvalue weighted by molar-refractivity contribution is 7.86. The molecule has 0 heterocycles. The molecule has 412 valence electrons. The zero-order chi connectivity index (χ0) is 57.5. The third kappa shape index (κ3) is 12.7. The normalized spacial score (nSPS) is 12.9. The third-order valence-electron chi connectivity index (χ3n) is 12.0. The maximum atomic E-state index is 12.8. The molecule has 0 saturated heterocycles. The van der Waals surface area contributed by atoms with Crippen LogP contribution in [0.4, 0.5) is 45.5 Å². The van der Waals surface area contributed by atoms with E-state index in [2.05, 4.69) is 36.0 Å². The Labute approximate surface area is 454 Å². The van der Waals surface area contributed by atoms with Crippen molar-refractivity contribution in [1.29, 1.82) is 0 Å². The van der Waals surface area contributed by atoms with Crippen LogP contribution in [0.25, 0.3) is 43.1 Å². The Kier molecular flexibility index (Phi) is 15.2. The standard InChI is InChI=1S/C50H39N7O18S5/c1-74-33-7-3-30(4-8-33)51-31-5-12-38-29(21-31)24-48(80(71,72)73)49(50(38)58)57-56-46-18-16-44(40-14-10-35(26-42(40)46)78(65,66)67)55-54-43-15-17-45(41-25-34(77(62,63)64)9-13-39(41)43)53-52-32-6-11-37-28(22-32)23-36(79(68,69)70)27-47(37)75-19-2-20-76(59,60)61/h3-18,21-27,51,58H,2,19-20H2,1H3,(H,59,60,61)(H,62,63,64)(H,65,66,67)(H,68,69,70)(H,71,72,73). The molecule has 0 fully saturated rings. The second-order valence-corrected chi connectivity index (χ2v) is 24.5. The summed E-state index contributed by atoms with van der Waals surface area (Å²) in [5.41, 5.74) is 0.601. The number of ether oxygens (including phenoxy) is 2. The summed E-state index contributed by atoms with van der Waals surface area (Å²) in [6.07, 6.45) is -0.156. The van der Waals surface area contributed by atoms with Crippen molar-refractivity contribution in [2.45, 2.75) is 26.0 Å². The van der Waals surface area contributed by atoms with E-state index < -0.39 is 87.4 Å². The Bertz CT molecular complexity index is 4720. The highest BCUT2D eigenvalue weighted by Gasteiger charge is 2.24. The van der Waals surface area contributed by atoms with Crippen LogP contribution in [0.2, 0.25) is 0 Å².